The first-order chi connectivity index (χ1) is 22.8. The van der Waals surface area contributed by atoms with Gasteiger partial charge in [-0.3, -0.25) is 4.98 Å². The molecule has 0 radical (unpaired) electrons. The van der Waals surface area contributed by atoms with E-state index in [0.29, 0.717) is 25.0 Å². The fourth-order valence-corrected chi connectivity index (χ4v) is 5.71. The van der Waals surface area contributed by atoms with Gasteiger partial charge < -0.3 is 29.5 Å². The third-order valence-corrected chi connectivity index (χ3v) is 7.81. The van der Waals surface area contributed by atoms with E-state index in [9.17, 15) is 19.8 Å². The third kappa shape index (κ3) is 7.03. The molecule has 5 rings (SSSR count). The van der Waals surface area contributed by atoms with E-state index in [0.717, 1.165) is 12.1 Å². The minimum atomic E-state index is -0.949. The highest BCUT2D eigenvalue weighted by atomic mass is 19.1. The van der Waals surface area contributed by atoms with Crippen molar-refractivity contribution in [1.82, 2.24) is 24.4 Å². The van der Waals surface area contributed by atoms with E-state index in [4.69, 9.17) is 9.47 Å². The molecule has 1 saturated heterocycles. The van der Waals surface area contributed by atoms with Crippen LogP contribution in [0.25, 0.3) is 28.0 Å². The number of phenols is 1. The zero-order valence-corrected chi connectivity index (χ0v) is 27.7. The number of hydrogen-bond acceptors (Lipinski definition) is 10. The first-order valence-corrected chi connectivity index (χ1v) is 15.9. The molecule has 1 fully saturated rings. The van der Waals surface area contributed by atoms with Crippen molar-refractivity contribution in [3.63, 3.8) is 0 Å². The highest BCUT2D eigenvalue weighted by molar-refractivity contribution is 5.91. The van der Waals surface area contributed by atoms with Crippen LogP contribution in [0.5, 0.6) is 11.5 Å². The van der Waals surface area contributed by atoms with E-state index in [1.807, 2.05) is 13.8 Å². The van der Waals surface area contributed by atoms with Crippen molar-refractivity contribution in [2.45, 2.75) is 65.5 Å². The number of halogens is 2. The summed E-state index contributed by atoms with van der Waals surface area (Å²) >= 11 is 0. The molecular weight excluding hydrogens is 626 g/mol. The smallest absolute Gasteiger partial charge is 0.410 e. The first kappa shape index (κ1) is 34.5. The molecule has 12 nitrogen and oxygen atoms in total. The molecule has 0 bridgehead atoms. The number of rotatable bonds is 9. The number of aliphatic hydroxyl groups excluding tert-OH is 1. The Kier molecular flexibility index (Phi) is 10.1. The number of anilines is 1. The van der Waals surface area contributed by atoms with Crippen LogP contribution in [0, 0.1) is 11.6 Å². The molecular formula is C34H40F2N6O6. The van der Waals surface area contributed by atoms with Crippen LogP contribution in [0.2, 0.25) is 0 Å². The standard InChI is InChI=1S/C34H40F2N6O6/c1-6-9-24-29(26(12-13-37-24)47-17-8-16-43)42-31-21(18-23(36)28(38-31)27-22(35)10-7-11-25(27)44)30(39-32(42)45)41-15-14-40(19-20(41)2)33(46)48-34(3,4)5/h7,10-13,18,20,43-44H,6,8-9,14-17,19H2,1-5H3/t20-/m0/s1. The van der Waals surface area contributed by atoms with Crippen LogP contribution in [-0.2, 0) is 11.2 Å². The fraction of sp³-hybridized carbons (Fsp3) is 0.441. The van der Waals surface area contributed by atoms with Gasteiger partial charge >= 0.3 is 11.8 Å². The second-order valence-corrected chi connectivity index (χ2v) is 12.6. The maximum atomic E-state index is 16.1. The number of amides is 1. The summed E-state index contributed by atoms with van der Waals surface area (Å²) < 4.78 is 43.9. The maximum absolute atomic E-state index is 16.1. The number of fused-ring (bicyclic) bond motifs is 1. The summed E-state index contributed by atoms with van der Waals surface area (Å²) in [5, 5.41) is 20.1. The number of benzene rings is 1. The van der Waals surface area contributed by atoms with Gasteiger partial charge in [0.05, 0.1) is 23.3 Å². The Morgan fingerprint density at radius 2 is 1.90 bits per heavy atom. The van der Waals surface area contributed by atoms with Crippen molar-refractivity contribution in [3.8, 4) is 28.4 Å². The third-order valence-electron chi connectivity index (χ3n) is 7.81. The first-order valence-electron chi connectivity index (χ1n) is 15.9. The topological polar surface area (TPSA) is 143 Å². The van der Waals surface area contributed by atoms with Crippen LogP contribution < -0.4 is 15.3 Å². The number of piperazine rings is 1. The summed E-state index contributed by atoms with van der Waals surface area (Å²) in [5.74, 6) is -1.99. The van der Waals surface area contributed by atoms with Crippen molar-refractivity contribution in [2.24, 2.45) is 0 Å². The van der Waals surface area contributed by atoms with Gasteiger partial charge in [0.15, 0.2) is 11.5 Å². The summed E-state index contributed by atoms with van der Waals surface area (Å²) in [6.07, 6.45) is 2.49. The predicted octanol–water partition coefficient (Wildman–Crippen LogP) is 4.99. The number of aliphatic hydroxyl groups is 1. The number of aromatic nitrogens is 4. The Balaban J connectivity index is 1.75. The number of carbonyl (C=O) groups is 1. The van der Waals surface area contributed by atoms with Crippen molar-refractivity contribution in [1.29, 1.82) is 0 Å². The van der Waals surface area contributed by atoms with Crippen LogP contribution in [0.3, 0.4) is 0 Å². The van der Waals surface area contributed by atoms with E-state index in [1.54, 1.807) is 42.8 Å². The number of phenolic OH excluding ortho intramolecular Hbond substituents is 1. The molecule has 2 N–H and O–H groups in total. The van der Waals surface area contributed by atoms with Gasteiger partial charge in [-0.1, -0.05) is 19.4 Å². The zero-order valence-electron chi connectivity index (χ0n) is 27.7. The minimum absolute atomic E-state index is 0.0665. The molecule has 48 heavy (non-hydrogen) atoms. The number of ether oxygens (including phenoxy) is 2. The molecule has 0 aliphatic carbocycles. The second-order valence-electron chi connectivity index (χ2n) is 12.6. The lowest BCUT2D eigenvalue weighted by molar-refractivity contribution is 0.0218. The summed E-state index contributed by atoms with van der Waals surface area (Å²) in [6, 6.07) is 5.90. The molecule has 1 aromatic carbocycles. The number of carbonyl (C=O) groups excluding carboxylic acids is 1. The van der Waals surface area contributed by atoms with Crippen molar-refractivity contribution < 1.29 is 33.3 Å². The molecule has 0 unspecified atom stereocenters. The Hall–Kier alpha value is -4.85. The molecule has 256 valence electrons. The molecule has 14 heteroatoms. The van der Waals surface area contributed by atoms with Crippen LogP contribution >= 0.6 is 0 Å². The molecule has 0 saturated carbocycles. The number of aryl methyl sites for hydroxylation is 1. The van der Waals surface area contributed by atoms with Crippen LogP contribution in [0.4, 0.5) is 19.4 Å². The van der Waals surface area contributed by atoms with Crippen molar-refractivity contribution >= 4 is 22.9 Å². The lowest BCUT2D eigenvalue weighted by atomic mass is 10.1. The average Bonchev–Trinajstić information content (AvgIpc) is 3.01. The maximum Gasteiger partial charge on any atom is 0.410 e. The molecule has 1 amide bonds. The van der Waals surface area contributed by atoms with Crippen molar-refractivity contribution in [3.05, 3.63) is 64.3 Å². The Morgan fingerprint density at radius 1 is 1.12 bits per heavy atom. The van der Waals surface area contributed by atoms with Gasteiger partial charge in [0, 0.05) is 51.0 Å². The Morgan fingerprint density at radius 3 is 2.56 bits per heavy atom. The van der Waals surface area contributed by atoms with E-state index in [-0.39, 0.29) is 67.2 Å². The largest absolute Gasteiger partial charge is 0.507 e. The van der Waals surface area contributed by atoms with Gasteiger partial charge in [0.25, 0.3) is 0 Å². The quantitative estimate of drug-likeness (QED) is 0.235. The SMILES string of the molecule is CCCc1nccc(OCCCO)c1-n1c(=O)nc(N2CCN(C(=O)OC(C)(C)C)C[C@@H]2C)c2cc(F)c(-c3c(O)cccc3F)nc21. The summed E-state index contributed by atoms with van der Waals surface area (Å²) in [7, 11) is 0. The van der Waals surface area contributed by atoms with Gasteiger partial charge in [-0.15, -0.1) is 0 Å². The summed E-state index contributed by atoms with van der Waals surface area (Å²) in [6.45, 7) is 9.88. The number of nitrogens with zero attached hydrogens (tertiary/aromatic N) is 6. The van der Waals surface area contributed by atoms with Crippen LogP contribution in [0.15, 0.2) is 41.3 Å². The lowest BCUT2D eigenvalue weighted by Crippen LogP contribution is -2.55. The number of hydrogen-bond donors (Lipinski definition) is 2. The van der Waals surface area contributed by atoms with E-state index in [1.165, 1.54) is 16.7 Å². The summed E-state index contributed by atoms with van der Waals surface area (Å²) in [4.78, 5) is 43.9. The molecule has 1 aliphatic heterocycles. The van der Waals surface area contributed by atoms with Gasteiger partial charge in [-0.25, -0.2) is 27.9 Å². The fourth-order valence-electron chi connectivity index (χ4n) is 5.71. The lowest BCUT2D eigenvalue weighted by Gasteiger charge is -2.41. The average molecular weight is 667 g/mol. The van der Waals surface area contributed by atoms with E-state index >= 15 is 8.78 Å². The van der Waals surface area contributed by atoms with Crippen LogP contribution in [-0.4, -0.2) is 85.2 Å². The molecule has 1 aliphatic rings. The van der Waals surface area contributed by atoms with Gasteiger partial charge in [-0.05, 0) is 52.3 Å². The zero-order chi connectivity index (χ0) is 34.7. The molecule has 4 heterocycles. The molecule has 3 aromatic heterocycles. The van der Waals surface area contributed by atoms with Gasteiger partial charge in [0.1, 0.15) is 40.1 Å². The highest BCUT2D eigenvalue weighted by Crippen LogP contribution is 2.37. The summed E-state index contributed by atoms with van der Waals surface area (Å²) in [5.41, 5.74) is -1.78. The Labute approximate surface area is 276 Å². The monoisotopic (exact) mass is 666 g/mol. The molecule has 4 aromatic rings. The van der Waals surface area contributed by atoms with E-state index in [2.05, 4.69) is 15.0 Å². The number of pyridine rings is 2. The highest BCUT2D eigenvalue weighted by Gasteiger charge is 2.33. The second kappa shape index (κ2) is 14.1. The normalized spacial score (nSPS) is 15.2. The minimum Gasteiger partial charge on any atom is -0.507 e. The van der Waals surface area contributed by atoms with Crippen molar-refractivity contribution in [2.75, 3.05) is 37.7 Å². The van der Waals surface area contributed by atoms with E-state index < -0.39 is 46.0 Å². The Bertz CT molecular complexity index is 1860. The molecule has 1 atom stereocenters. The van der Waals surface area contributed by atoms with Crippen LogP contribution in [0.1, 0.15) is 53.2 Å². The number of aromatic hydroxyl groups is 1. The predicted molar refractivity (Wildman–Crippen MR) is 176 cm³/mol. The van der Waals surface area contributed by atoms with Gasteiger partial charge in [0.2, 0.25) is 0 Å². The van der Waals surface area contributed by atoms with Gasteiger partial charge in [-0.2, -0.15) is 4.98 Å². The molecule has 0 spiro atoms.